The quantitative estimate of drug-likeness (QED) is 0.461. The lowest BCUT2D eigenvalue weighted by atomic mass is 10.1. The van der Waals surface area contributed by atoms with Crippen LogP contribution in [0.25, 0.3) is 0 Å². The zero-order valence-electron chi connectivity index (χ0n) is 8.84. The molecule has 1 unspecified atom stereocenters. The Balaban J connectivity index is 2.42. The third-order valence-corrected chi connectivity index (χ3v) is 2.56. The molecule has 86 valence electrons. The van der Waals surface area contributed by atoms with Crippen LogP contribution in [-0.2, 0) is 14.3 Å². The number of rotatable bonds is 0. The van der Waals surface area contributed by atoms with Crippen molar-refractivity contribution < 1.29 is 18.7 Å². The maximum Gasteiger partial charge on any atom is 0.348 e. The molecule has 0 N–H and O–H groups in total. The minimum absolute atomic E-state index is 0.173. The molecule has 1 atom stereocenters. The van der Waals surface area contributed by atoms with E-state index in [-0.39, 0.29) is 12.8 Å². The Hall–Kier alpha value is -0.930. The lowest BCUT2D eigenvalue weighted by molar-refractivity contribution is -0.163. The molecule has 1 aliphatic heterocycles. The largest absolute Gasteiger partial charge is 0.391 e. The molecular weight excluding hydrogens is 199 g/mol. The van der Waals surface area contributed by atoms with Crippen molar-refractivity contribution in [3.63, 3.8) is 0 Å². The van der Waals surface area contributed by atoms with Gasteiger partial charge in [0.25, 0.3) is 0 Å². The van der Waals surface area contributed by atoms with Crippen molar-refractivity contribution in [3.05, 3.63) is 0 Å². The monoisotopic (exact) mass is 216 g/mol. The second kappa shape index (κ2) is 6.53. The van der Waals surface area contributed by atoms with Crippen LogP contribution >= 0.6 is 0 Å². The number of esters is 2. The lowest BCUT2D eigenvalue weighted by Crippen LogP contribution is -2.22. The molecule has 1 rings (SSSR count). The highest BCUT2D eigenvalue weighted by Gasteiger charge is 2.21. The van der Waals surface area contributed by atoms with E-state index in [0.717, 1.165) is 32.1 Å². The lowest BCUT2D eigenvalue weighted by Gasteiger charge is -2.09. The van der Waals surface area contributed by atoms with Gasteiger partial charge in [0.2, 0.25) is 0 Å². The normalized spacial score (nSPS) is 26.3. The number of carbonyl (C=O) groups excluding carboxylic acids is 2. The van der Waals surface area contributed by atoms with E-state index in [1.807, 2.05) is 0 Å². The van der Waals surface area contributed by atoms with Crippen LogP contribution in [0, 0.1) is 0 Å². The first kappa shape index (κ1) is 12.1. The van der Waals surface area contributed by atoms with Crippen LogP contribution in [0.4, 0.5) is 4.39 Å². The van der Waals surface area contributed by atoms with Crippen molar-refractivity contribution in [1.29, 1.82) is 0 Å². The average Bonchev–Trinajstić information content (AvgIpc) is 2.19. The zero-order chi connectivity index (χ0) is 11.1. The molecule has 15 heavy (non-hydrogen) atoms. The molecule has 0 bridgehead atoms. The molecule has 0 saturated carbocycles. The van der Waals surface area contributed by atoms with Gasteiger partial charge in [0.1, 0.15) is 0 Å². The van der Waals surface area contributed by atoms with E-state index in [4.69, 9.17) is 0 Å². The predicted octanol–water partition coefficient (Wildman–Crippen LogP) is 2.53. The van der Waals surface area contributed by atoms with Gasteiger partial charge in [-0.25, -0.2) is 9.18 Å². The van der Waals surface area contributed by atoms with Gasteiger partial charge >= 0.3 is 11.9 Å². The van der Waals surface area contributed by atoms with Gasteiger partial charge in [-0.2, -0.15) is 0 Å². The number of carbonyl (C=O) groups is 2. The summed E-state index contributed by atoms with van der Waals surface area (Å²) in [7, 11) is 0. The van der Waals surface area contributed by atoms with Crippen LogP contribution < -0.4 is 0 Å². The first-order valence-corrected chi connectivity index (χ1v) is 5.59. The van der Waals surface area contributed by atoms with Crippen LogP contribution in [0.3, 0.4) is 0 Å². The van der Waals surface area contributed by atoms with E-state index in [1.54, 1.807) is 0 Å². The molecule has 1 fully saturated rings. The minimum Gasteiger partial charge on any atom is -0.391 e. The van der Waals surface area contributed by atoms with Crippen molar-refractivity contribution in [2.75, 3.05) is 0 Å². The summed E-state index contributed by atoms with van der Waals surface area (Å²) in [5.41, 5.74) is 0. The minimum atomic E-state index is -1.63. The molecule has 4 heteroatoms. The average molecular weight is 216 g/mol. The Kier molecular flexibility index (Phi) is 5.29. The predicted molar refractivity (Wildman–Crippen MR) is 52.9 cm³/mol. The van der Waals surface area contributed by atoms with E-state index >= 15 is 0 Å². The second-order valence-corrected chi connectivity index (χ2v) is 3.92. The smallest absolute Gasteiger partial charge is 0.348 e. The van der Waals surface area contributed by atoms with Gasteiger partial charge in [0.15, 0.2) is 6.17 Å². The Morgan fingerprint density at radius 3 is 2.33 bits per heavy atom. The van der Waals surface area contributed by atoms with E-state index in [0.29, 0.717) is 6.42 Å². The molecule has 0 amide bonds. The highest BCUT2D eigenvalue weighted by molar-refractivity contribution is 5.87. The third-order valence-electron chi connectivity index (χ3n) is 2.56. The number of cyclic esters (lactones) is 2. The summed E-state index contributed by atoms with van der Waals surface area (Å²) in [5.74, 6) is -1.61. The fourth-order valence-electron chi connectivity index (χ4n) is 1.65. The first-order valence-electron chi connectivity index (χ1n) is 5.59. The van der Waals surface area contributed by atoms with Gasteiger partial charge in [0, 0.05) is 6.42 Å². The molecule has 1 aliphatic rings. The van der Waals surface area contributed by atoms with E-state index in [1.165, 1.54) is 0 Å². The summed E-state index contributed by atoms with van der Waals surface area (Å²) in [6, 6.07) is 0. The fourth-order valence-corrected chi connectivity index (χ4v) is 1.65. The van der Waals surface area contributed by atoms with Crippen molar-refractivity contribution >= 4 is 11.9 Å². The third kappa shape index (κ3) is 4.91. The van der Waals surface area contributed by atoms with Crippen LogP contribution in [0.5, 0.6) is 0 Å². The molecule has 0 radical (unpaired) electrons. The number of halogens is 1. The van der Waals surface area contributed by atoms with Crippen molar-refractivity contribution in [1.82, 2.24) is 0 Å². The fraction of sp³-hybridized carbons (Fsp3) is 0.818. The van der Waals surface area contributed by atoms with Gasteiger partial charge in [-0.1, -0.05) is 25.7 Å². The molecule has 0 aromatic heterocycles. The maximum atomic E-state index is 13.1. The summed E-state index contributed by atoms with van der Waals surface area (Å²) in [6.45, 7) is 0. The topological polar surface area (TPSA) is 43.4 Å². The second-order valence-electron chi connectivity index (χ2n) is 3.92. The van der Waals surface area contributed by atoms with Gasteiger partial charge in [-0.15, -0.1) is 0 Å². The van der Waals surface area contributed by atoms with Gasteiger partial charge in [-0.05, 0) is 19.3 Å². The molecular formula is C11H17FO3. The first-order chi connectivity index (χ1) is 7.20. The Labute approximate surface area is 89.0 Å². The summed E-state index contributed by atoms with van der Waals surface area (Å²) < 4.78 is 17.5. The van der Waals surface area contributed by atoms with Crippen LogP contribution in [-0.4, -0.2) is 18.1 Å². The van der Waals surface area contributed by atoms with Crippen molar-refractivity contribution in [3.8, 4) is 0 Å². The van der Waals surface area contributed by atoms with E-state index in [2.05, 4.69) is 4.74 Å². The van der Waals surface area contributed by atoms with Crippen LogP contribution in [0.1, 0.15) is 51.4 Å². The summed E-state index contributed by atoms with van der Waals surface area (Å²) >= 11 is 0. The molecule has 1 heterocycles. The highest BCUT2D eigenvalue weighted by Crippen LogP contribution is 2.14. The Morgan fingerprint density at radius 1 is 1.00 bits per heavy atom. The number of hydrogen-bond donors (Lipinski definition) is 0. The summed E-state index contributed by atoms with van der Waals surface area (Å²) in [6.07, 6.45) is 4.21. The molecule has 0 aromatic carbocycles. The molecule has 0 aliphatic carbocycles. The SMILES string of the molecule is O=C1CCCCCCCCC(F)C(=O)O1. The molecule has 3 nitrogen and oxygen atoms in total. The zero-order valence-corrected chi connectivity index (χ0v) is 8.84. The summed E-state index contributed by atoms with van der Waals surface area (Å²) in [5, 5.41) is 0. The number of hydrogen-bond acceptors (Lipinski definition) is 3. The van der Waals surface area contributed by atoms with Crippen LogP contribution in [0.15, 0.2) is 0 Å². The van der Waals surface area contributed by atoms with Crippen molar-refractivity contribution in [2.24, 2.45) is 0 Å². The van der Waals surface area contributed by atoms with Crippen LogP contribution in [0.2, 0.25) is 0 Å². The number of alkyl halides is 1. The van der Waals surface area contributed by atoms with Gasteiger partial charge < -0.3 is 4.74 Å². The Bertz CT molecular complexity index is 228. The molecule has 0 aromatic rings. The molecule has 0 spiro atoms. The van der Waals surface area contributed by atoms with E-state index < -0.39 is 18.1 Å². The van der Waals surface area contributed by atoms with Gasteiger partial charge in [-0.3, -0.25) is 4.79 Å². The maximum absolute atomic E-state index is 13.1. The van der Waals surface area contributed by atoms with Crippen molar-refractivity contribution in [2.45, 2.75) is 57.5 Å². The van der Waals surface area contributed by atoms with Gasteiger partial charge in [0.05, 0.1) is 0 Å². The van der Waals surface area contributed by atoms with E-state index in [9.17, 15) is 14.0 Å². The number of ether oxygens (including phenoxy) is 1. The molecule has 1 saturated heterocycles. The summed E-state index contributed by atoms with van der Waals surface area (Å²) in [4.78, 5) is 22.1. The highest BCUT2D eigenvalue weighted by atomic mass is 19.1. The Morgan fingerprint density at radius 2 is 1.60 bits per heavy atom. The standard InChI is InChI=1S/C11H17FO3/c12-9-7-5-3-1-2-4-6-8-10(13)15-11(9)14/h9H,1-8H2.